The van der Waals surface area contributed by atoms with Gasteiger partial charge >= 0.3 is 5.97 Å². The second kappa shape index (κ2) is 8.96. The molecule has 150 valence electrons. The van der Waals surface area contributed by atoms with Gasteiger partial charge in [-0.05, 0) is 62.4 Å². The number of amides is 1. The molecule has 0 radical (unpaired) electrons. The molecule has 0 saturated heterocycles. The van der Waals surface area contributed by atoms with Gasteiger partial charge in [0.05, 0.1) is 17.4 Å². The Labute approximate surface area is 172 Å². The Morgan fingerprint density at radius 3 is 2.93 bits per heavy atom. The molecular formula is C20H24N2O4S2. The number of thioether (sulfide) groups is 1. The zero-order valence-corrected chi connectivity index (χ0v) is 17.8. The maximum absolute atomic E-state index is 12.7. The van der Waals surface area contributed by atoms with Crippen molar-refractivity contribution < 1.29 is 19.1 Å². The first-order valence-electron chi connectivity index (χ1n) is 9.31. The number of pyridine rings is 1. The SMILES string of the molecule is CC(C)OC(=O)c1c(NC(=O)CSc2cccc[n+]2[O-])sc2c1CC[C@@H](C)C2. The fourth-order valence-corrected chi connectivity index (χ4v) is 5.28. The summed E-state index contributed by atoms with van der Waals surface area (Å²) in [6.07, 6.45) is 3.92. The van der Waals surface area contributed by atoms with E-state index in [2.05, 4.69) is 12.2 Å². The molecule has 1 atom stereocenters. The van der Waals surface area contributed by atoms with Crippen LogP contribution in [0.2, 0.25) is 0 Å². The van der Waals surface area contributed by atoms with Gasteiger partial charge in [0, 0.05) is 17.0 Å². The predicted molar refractivity (Wildman–Crippen MR) is 111 cm³/mol. The van der Waals surface area contributed by atoms with E-state index in [9.17, 15) is 14.8 Å². The average Bonchev–Trinajstić information content (AvgIpc) is 2.97. The minimum absolute atomic E-state index is 0.0872. The van der Waals surface area contributed by atoms with Crippen molar-refractivity contribution in [3.63, 3.8) is 0 Å². The normalized spacial score (nSPS) is 15.9. The van der Waals surface area contributed by atoms with Crippen LogP contribution in [0.25, 0.3) is 0 Å². The minimum atomic E-state index is -0.384. The zero-order valence-electron chi connectivity index (χ0n) is 16.2. The summed E-state index contributed by atoms with van der Waals surface area (Å²) in [5.41, 5.74) is 1.51. The van der Waals surface area contributed by atoms with Crippen molar-refractivity contribution in [2.75, 3.05) is 11.1 Å². The highest BCUT2D eigenvalue weighted by Gasteiger charge is 2.29. The maximum Gasteiger partial charge on any atom is 0.341 e. The van der Waals surface area contributed by atoms with Crippen molar-refractivity contribution in [3.05, 3.63) is 45.6 Å². The van der Waals surface area contributed by atoms with E-state index >= 15 is 0 Å². The number of hydrogen-bond donors (Lipinski definition) is 1. The summed E-state index contributed by atoms with van der Waals surface area (Å²) in [6.45, 7) is 5.82. The molecule has 0 fully saturated rings. The van der Waals surface area contributed by atoms with E-state index in [0.29, 0.717) is 21.5 Å². The van der Waals surface area contributed by atoms with Crippen molar-refractivity contribution in [1.82, 2.24) is 0 Å². The molecular weight excluding hydrogens is 396 g/mol. The van der Waals surface area contributed by atoms with E-state index in [1.165, 1.54) is 17.5 Å². The number of nitrogens with one attached hydrogen (secondary N) is 1. The van der Waals surface area contributed by atoms with Gasteiger partial charge in [-0.2, -0.15) is 4.73 Å². The molecule has 0 unspecified atom stereocenters. The molecule has 28 heavy (non-hydrogen) atoms. The van der Waals surface area contributed by atoms with Gasteiger partial charge in [0.15, 0.2) is 6.20 Å². The van der Waals surface area contributed by atoms with Crippen LogP contribution in [0.3, 0.4) is 0 Å². The molecule has 1 aliphatic carbocycles. The lowest BCUT2D eigenvalue weighted by Gasteiger charge is -2.18. The number of hydrogen-bond acceptors (Lipinski definition) is 6. The lowest BCUT2D eigenvalue weighted by Crippen LogP contribution is -2.28. The van der Waals surface area contributed by atoms with Gasteiger partial charge in [0.2, 0.25) is 5.91 Å². The molecule has 0 aliphatic heterocycles. The summed E-state index contributed by atoms with van der Waals surface area (Å²) < 4.78 is 6.15. The summed E-state index contributed by atoms with van der Waals surface area (Å²) in [4.78, 5) is 26.3. The standard InChI is InChI=1S/C20H24N2O4S2/c1-12(2)26-20(24)18-14-8-7-13(3)10-15(14)28-19(18)21-16(23)11-27-17-6-4-5-9-22(17)25/h4-6,9,12-13H,7-8,10-11H2,1-3H3,(H,21,23)/t13-/m1/s1. The first-order chi connectivity index (χ1) is 13.3. The molecule has 0 saturated carbocycles. The molecule has 1 amide bonds. The third-order valence-electron chi connectivity index (χ3n) is 4.45. The second-order valence-corrected chi connectivity index (χ2v) is 9.31. The molecule has 0 bridgehead atoms. The van der Waals surface area contributed by atoms with Crippen LogP contribution in [0, 0.1) is 11.1 Å². The summed E-state index contributed by atoms with van der Waals surface area (Å²) in [5, 5.41) is 15.6. The minimum Gasteiger partial charge on any atom is -0.618 e. The Morgan fingerprint density at radius 2 is 2.21 bits per heavy atom. The van der Waals surface area contributed by atoms with E-state index in [0.717, 1.165) is 46.2 Å². The van der Waals surface area contributed by atoms with Crippen LogP contribution in [0.4, 0.5) is 5.00 Å². The van der Waals surface area contributed by atoms with Crippen LogP contribution >= 0.6 is 23.1 Å². The lowest BCUT2D eigenvalue weighted by atomic mass is 9.88. The van der Waals surface area contributed by atoms with Crippen molar-refractivity contribution >= 4 is 40.0 Å². The Hall–Kier alpha value is -2.06. The van der Waals surface area contributed by atoms with Gasteiger partial charge in [0.25, 0.3) is 5.03 Å². The van der Waals surface area contributed by atoms with Gasteiger partial charge < -0.3 is 15.3 Å². The number of thiophene rings is 1. The maximum atomic E-state index is 12.7. The highest BCUT2D eigenvalue weighted by atomic mass is 32.2. The van der Waals surface area contributed by atoms with Crippen LogP contribution in [0.5, 0.6) is 0 Å². The fourth-order valence-electron chi connectivity index (χ4n) is 3.15. The zero-order chi connectivity index (χ0) is 20.3. The number of aromatic nitrogens is 1. The van der Waals surface area contributed by atoms with E-state index in [-0.39, 0.29) is 23.7 Å². The van der Waals surface area contributed by atoms with E-state index in [1.807, 2.05) is 13.8 Å². The highest BCUT2D eigenvalue weighted by Crippen LogP contribution is 2.40. The third kappa shape index (κ3) is 4.86. The van der Waals surface area contributed by atoms with Crippen LogP contribution in [0.15, 0.2) is 29.4 Å². The number of anilines is 1. The van der Waals surface area contributed by atoms with Crippen molar-refractivity contribution in [2.24, 2.45) is 5.92 Å². The molecule has 1 aliphatic rings. The monoisotopic (exact) mass is 420 g/mol. The van der Waals surface area contributed by atoms with Crippen molar-refractivity contribution in [2.45, 2.75) is 51.2 Å². The smallest absolute Gasteiger partial charge is 0.341 e. The van der Waals surface area contributed by atoms with Crippen LogP contribution < -0.4 is 10.0 Å². The topological polar surface area (TPSA) is 82.3 Å². The number of rotatable bonds is 6. The molecule has 6 nitrogen and oxygen atoms in total. The number of nitrogens with zero attached hydrogens (tertiary/aromatic N) is 1. The highest BCUT2D eigenvalue weighted by molar-refractivity contribution is 7.99. The van der Waals surface area contributed by atoms with Crippen LogP contribution in [-0.4, -0.2) is 23.7 Å². The Bertz CT molecular complexity index is 879. The molecule has 3 rings (SSSR count). The summed E-state index contributed by atoms with van der Waals surface area (Å²) in [7, 11) is 0. The second-order valence-electron chi connectivity index (χ2n) is 7.21. The summed E-state index contributed by atoms with van der Waals surface area (Å²) in [5.74, 6) is 0.0125. The molecule has 2 aromatic rings. The van der Waals surface area contributed by atoms with Crippen molar-refractivity contribution in [3.8, 4) is 0 Å². The Balaban J connectivity index is 1.77. The molecule has 0 spiro atoms. The van der Waals surface area contributed by atoms with E-state index < -0.39 is 0 Å². The quantitative estimate of drug-likeness (QED) is 0.333. The largest absolute Gasteiger partial charge is 0.618 e. The number of ether oxygens (including phenoxy) is 1. The van der Waals surface area contributed by atoms with Crippen molar-refractivity contribution in [1.29, 1.82) is 0 Å². The fraction of sp³-hybridized carbons (Fsp3) is 0.450. The third-order valence-corrected chi connectivity index (χ3v) is 6.64. The van der Waals surface area contributed by atoms with Gasteiger partial charge in [0.1, 0.15) is 5.00 Å². The number of carbonyl (C=O) groups excluding carboxylic acids is 2. The number of carbonyl (C=O) groups is 2. The molecule has 2 aromatic heterocycles. The first-order valence-corrected chi connectivity index (χ1v) is 11.1. The number of esters is 1. The molecule has 2 heterocycles. The predicted octanol–water partition coefficient (Wildman–Crippen LogP) is 3.80. The summed E-state index contributed by atoms with van der Waals surface area (Å²) >= 11 is 2.63. The average molecular weight is 421 g/mol. The Morgan fingerprint density at radius 1 is 1.43 bits per heavy atom. The van der Waals surface area contributed by atoms with Gasteiger partial charge in [-0.15, -0.1) is 11.3 Å². The first kappa shape index (κ1) is 20.7. The molecule has 1 N–H and O–H groups in total. The number of fused-ring (bicyclic) bond motifs is 1. The van der Waals surface area contributed by atoms with Crippen LogP contribution in [-0.2, 0) is 22.4 Å². The van der Waals surface area contributed by atoms with Gasteiger partial charge in [-0.3, -0.25) is 4.79 Å². The summed E-state index contributed by atoms with van der Waals surface area (Å²) in [6, 6.07) is 5.06. The van der Waals surface area contributed by atoms with E-state index in [4.69, 9.17) is 4.74 Å². The Kier molecular flexibility index (Phi) is 6.61. The van der Waals surface area contributed by atoms with Gasteiger partial charge in [-0.1, -0.05) is 6.92 Å². The molecule has 0 aromatic carbocycles. The van der Waals surface area contributed by atoms with Crippen LogP contribution in [0.1, 0.15) is 48.0 Å². The van der Waals surface area contributed by atoms with E-state index in [1.54, 1.807) is 18.2 Å². The van der Waals surface area contributed by atoms with Gasteiger partial charge in [-0.25, -0.2) is 4.79 Å². The molecule has 8 heteroatoms. The lowest BCUT2D eigenvalue weighted by molar-refractivity contribution is -0.645.